The molecule has 0 aromatic carbocycles. The highest BCUT2D eigenvalue weighted by molar-refractivity contribution is 5.56. The summed E-state index contributed by atoms with van der Waals surface area (Å²) in [7, 11) is 0. The van der Waals surface area contributed by atoms with Crippen LogP contribution in [-0.2, 0) is 0 Å². The number of nitrogen functional groups attached to an aromatic ring is 1. The third-order valence-electron chi connectivity index (χ3n) is 3.38. The van der Waals surface area contributed by atoms with Crippen LogP contribution in [0.4, 0.5) is 11.6 Å². The van der Waals surface area contributed by atoms with E-state index >= 15 is 0 Å². The number of anilines is 2. The van der Waals surface area contributed by atoms with Crippen molar-refractivity contribution in [2.75, 3.05) is 23.7 Å². The molecule has 0 radical (unpaired) electrons. The summed E-state index contributed by atoms with van der Waals surface area (Å²) >= 11 is 0. The largest absolute Gasteiger partial charge is 0.383 e. The van der Waals surface area contributed by atoms with Crippen molar-refractivity contribution >= 4 is 11.6 Å². The topological polar surface area (TPSA) is 55.0 Å². The Morgan fingerprint density at radius 1 is 1.33 bits per heavy atom. The van der Waals surface area contributed by atoms with E-state index < -0.39 is 0 Å². The van der Waals surface area contributed by atoms with Crippen LogP contribution in [0, 0.1) is 12.8 Å². The average molecular weight is 248 g/mol. The van der Waals surface area contributed by atoms with Gasteiger partial charge >= 0.3 is 0 Å². The maximum atomic E-state index is 6.03. The molecule has 1 aromatic rings. The van der Waals surface area contributed by atoms with Crippen molar-refractivity contribution in [3.8, 4) is 0 Å². The third-order valence-corrected chi connectivity index (χ3v) is 3.38. The summed E-state index contributed by atoms with van der Waals surface area (Å²) in [6.45, 7) is 10.6. The molecule has 1 heterocycles. The molecule has 1 fully saturated rings. The highest BCUT2D eigenvalue weighted by Crippen LogP contribution is 2.39. The van der Waals surface area contributed by atoms with Gasteiger partial charge in [-0.3, -0.25) is 0 Å². The fourth-order valence-electron chi connectivity index (χ4n) is 2.18. The molecule has 0 bridgehead atoms. The second kappa shape index (κ2) is 5.12. The molecule has 0 unspecified atom stereocenters. The van der Waals surface area contributed by atoms with E-state index in [1.54, 1.807) is 0 Å². The van der Waals surface area contributed by atoms with Gasteiger partial charge in [-0.2, -0.15) is 0 Å². The zero-order chi connectivity index (χ0) is 13.3. The highest BCUT2D eigenvalue weighted by atomic mass is 15.2. The average Bonchev–Trinajstić information content (AvgIpc) is 3.13. The predicted octanol–water partition coefficient (Wildman–Crippen LogP) is 2.73. The zero-order valence-corrected chi connectivity index (χ0v) is 11.9. The number of rotatable bonds is 5. The van der Waals surface area contributed by atoms with E-state index in [1.807, 2.05) is 6.92 Å². The molecular formula is C14H24N4. The summed E-state index contributed by atoms with van der Waals surface area (Å²) in [6.07, 6.45) is 2.41. The maximum absolute atomic E-state index is 6.03. The lowest BCUT2D eigenvalue weighted by molar-refractivity contribution is 0.611. The lowest BCUT2D eigenvalue weighted by atomic mass is 10.2. The van der Waals surface area contributed by atoms with Crippen LogP contribution in [0.3, 0.4) is 0 Å². The van der Waals surface area contributed by atoms with Crippen LogP contribution in [-0.4, -0.2) is 23.1 Å². The van der Waals surface area contributed by atoms with Crippen LogP contribution < -0.4 is 10.6 Å². The first-order chi connectivity index (χ1) is 8.52. The van der Waals surface area contributed by atoms with Crippen molar-refractivity contribution in [2.45, 2.75) is 46.5 Å². The number of nitrogens with two attached hydrogens (primary N) is 1. The molecule has 18 heavy (non-hydrogen) atoms. The molecule has 2 N–H and O–H groups in total. The molecule has 0 spiro atoms. The van der Waals surface area contributed by atoms with Gasteiger partial charge in [0.15, 0.2) is 0 Å². The van der Waals surface area contributed by atoms with Crippen LogP contribution in [0.2, 0.25) is 0 Å². The SMILES string of the molecule is CCN(CC(C)C)c1nc(C2CC2)nc(N)c1C. The van der Waals surface area contributed by atoms with E-state index in [0.29, 0.717) is 17.7 Å². The van der Waals surface area contributed by atoms with Gasteiger partial charge in [0.2, 0.25) is 0 Å². The fourth-order valence-corrected chi connectivity index (χ4v) is 2.18. The van der Waals surface area contributed by atoms with Gasteiger partial charge in [0, 0.05) is 24.6 Å². The molecule has 2 rings (SSSR count). The first-order valence-corrected chi connectivity index (χ1v) is 6.91. The summed E-state index contributed by atoms with van der Waals surface area (Å²) < 4.78 is 0. The lowest BCUT2D eigenvalue weighted by Gasteiger charge is -2.26. The maximum Gasteiger partial charge on any atom is 0.137 e. The molecule has 0 saturated heterocycles. The highest BCUT2D eigenvalue weighted by Gasteiger charge is 2.28. The Balaban J connectivity index is 2.34. The van der Waals surface area contributed by atoms with E-state index in [9.17, 15) is 0 Å². The number of aromatic nitrogens is 2. The Hall–Kier alpha value is -1.32. The van der Waals surface area contributed by atoms with Crippen molar-refractivity contribution in [3.63, 3.8) is 0 Å². The van der Waals surface area contributed by atoms with Gasteiger partial charge in [0.1, 0.15) is 17.5 Å². The van der Waals surface area contributed by atoms with Crippen LogP contribution >= 0.6 is 0 Å². The van der Waals surface area contributed by atoms with E-state index in [-0.39, 0.29) is 0 Å². The predicted molar refractivity (Wildman–Crippen MR) is 75.9 cm³/mol. The zero-order valence-electron chi connectivity index (χ0n) is 11.9. The monoisotopic (exact) mass is 248 g/mol. The molecule has 0 aliphatic heterocycles. The van der Waals surface area contributed by atoms with Crippen molar-refractivity contribution in [1.29, 1.82) is 0 Å². The molecule has 4 nitrogen and oxygen atoms in total. The first-order valence-electron chi connectivity index (χ1n) is 6.91. The summed E-state index contributed by atoms with van der Waals surface area (Å²) in [6, 6.07) is 0. The minimum absolute atomic E-state index is 0.546. The second-order valence-corrected chi connectivity index (χ2v) is 5.62. The first kappa shape index (κ1) is 13.1. The Kier molecular flexibility index (Phi) is 3.73. The molecule has 1 aliphatic carbocycles. The minimum atomic E-state index is 0.546. The van der Waals surface area contributed by atoms with Gasteiger partial charge in [-0.1, -0.05) is 13.8 Å². The summed E-state index contributed by atoms with van der Waals surface area (Å²) in [5, 5.41) is 0. The fraction of sp³-hybridized carbons (Fsp3) is 0.714. The molecule has 100 valence electrons. The van der Waals surface area contributed by atoms with E-state index in [0.717, 1.165) is 30.3 Å². The number of nitrogens with zero attached hydrogens (tertiary/aromatic N) is 3. The van der Waals surface area contributed by atoms with E-state index in [4.69, 9.17) is 10.7 Å². The quantitative estimate of drug-likeness (QED) is 0.870. The Morgan fingerprint density at radius 3 is 2.50 bits per heavy atom. The molecule has 4 heteroatoms. The van der Waals surface area contributed by atoms with Gasteiger partial charge in [0.05, 0.1) is 0 Å². The van der Waals surface area contributed by atoms with E-state index in [1.165, 1.54) is 12.8 Å². The van der Waals surface area contributed by atoms with Crippen molar-refractivity contribution in [2.24, 2.45) is 5.92 Å². The molecule has 0 atom stereocenters. The van der Waals surface area contributed by atoms with Gasteiger partial charge in [0.25, 0.3) is 0 Å². The Labute approximate surface area is 110 Å². The van der Waals surface area contributed by atoms with Crippen LogP contribution in [0.1, 0.15) is 50.9 Å². The molecular weight excluding hydrogens is 224 g/mol. The lowest BCUT2D eigenvalue weighted by Crippen LogP contribution is -2.29. The molecule has 1 aromatic heterocycles. The van der Waals surface area contributed by atoms with Crippen molar-refractivity contribution in [3.05, 3.63) is 11.4 Å². The Bertz CT molecular complexity index is 424. The van der Waals surface area contributed by atoms with Crippen LogP contribution in [0.5, 0.6) is 0 Å². The number of hydrogen-bond acceptors (Lipinski definition) is 4. The second-order valence-electron chi connectivity index (χ2n) is 5.62. The van der Waals surface area contributed by atoms with Gasteiger partial charge in [-0.05, 0) is 32.6 Å². The molecule has 1 saturated carbocycles. The molecule has 0 amide bonds. The van der Waals surface area contributed by atoms with Gasteiger partial charge < -0.3 is 10.6 Å². The summed E-state index contributed by atoms with van der Waals surface area (Å²) in [5.74, 6) is 3.77. The standard InChI is InChI=1S/C14H24N4/c1-5-18(8-9(2)3)14-10(4)12(15)16-13(17-14)11-6-7-11/h9,11H,5-8H2,1-4H3,(H2,15,16,17). The van der Waals surface area contributed by atoms with E-state index in [2.05, 4.69) is 30.7 Å². The summed E-state index contributed by atoms with van der Waals surface area (Å²) in [4.78, 5) is 11.5. The molecule has 1 aliphatic rings. The Morgan fingerprint density at radius 2 is 2.00 bits per heavy atom. The van der Waals surface area contributed by atoms with Crippen molar-refractivity contribution < 1.29 is 0 Å². The summed E-state index contributed by atoms with van der Waals surface area (Å²) in [5.41, 5.74) is 7.05. The minimum Gasteiger partial charge on any atom is -0.383 e. The van der Waals surface area contributed by atoms with Gasteiger partial charge in [-0.25, -0.2) is 9.97 Å². The van der Waals surface area contributed by atoms with Crippen molar-refractivity contribution in [1.82, 2.24) is 9.97 Å². The van der Waals surface area contributed by atoms with Crippen LogP contribution in [0.15, 0.2) is 0 Å². The third kappa shape index (κ3) is 2.74. The number of hydrogen-bond donors (Lipinski definition) is 1. The van der Waals surface area contributed by atoms with Crippen LogP contribution in [0.25, 0.3) is 0 Å². The normalized spacial score (nSPS) is 15.2. The van der Waals surface area contributed by atoms with Gasteiger partial charge in [-0.15, -0.1) is 0 Å². The smallest absolute Gasteiger partial charge is 0.137 e.